The number of H-pyrrole nitrogens is 1. The summed E-state index contributed by atoms with van der Waals surface area (Å²) in [6.45, 7) is 6.84. The number of aromatic nitrogens is 2. The highest BCUT2D eigenvalue weighted by atomic mass is 79.9. The molecule has 0 aliphatic rings. The van der Waals surface area contributed by atoms with Gasteiger partial charge in [0.25, 0.3) is 5.56 Å². The summed E-state index contributed by atoms with van der Waals surface area (Å²) < 4.78 is 1.04. The number of aromatic amines is 1. The zero-order chi connectivity index (χ0) is 15.5. The highest BCUT2D eigenvalue weighted by Crippen LogP contribution is 2.12. The molecule has 1 heterocycles. The maximum atomic E-state index is 11.7. The van der Waals surface area contributed by atoms with Gasteiger partial charge in [-0.15, -0.1) is 0 Å². The standard InChI is InChI=1S/C16H20BrN3O/c1-16(2,3)18-10-13-9-15(21)20-14(19-13)8-11-4-6-12(17)7-5-11/h4-7,9,18H,8,10H2,1-3H3,(H,19,20,21). The minimum Gasteiger partial charge on any atom is -0.310 e. The summed E-state index contributed by atoms with van der Waals surface area (Å²) >= 11 is 3.41. The summed E-state index contributed by atoms with van der Waals surface area (Å²) in [6.07, 6.45) is 0.617. The Kier molecular flexibility index (Phi) is 4.96. The number of rotatable bonds is 4. The van der Waals surface area contributed by atoms with E-state index in [1.807, 2.05) is 24.3 Å². The van der Waals surface area contributed by atoms with E-state index < -0.39 is 0 Å². The molecular weight excluding hydrogens is 330 g/mol. The van der Waals surface area contributed by atoms with Gasteiger partial charge in [0.15, 0.2) is 0 Å². The van der Waals surface area contributed by atoms with E-state index in [1.165, 1.54) is 0 Å². The molecule has 0 atom stereocenters. The van der Waals surface area contributed by atoms with Crippen molar-refractivity contribution in [2.45, 2.75) is 39.3 Å². The zero-order valence-corrected chi connectivity index (χ0v) is 14.1. The quantitative estimate of drug-likeness (QED) is 0.891. The minimum atomic E-state index is -0.108. The number of benzene rings is 1. The van der Waals surface area contributed by atoms with Gasteiger partial charge in [-0.05, 0) is 38.5 Å². The summed E-state index contributed by atoms with van der Waals surface area (Å²) in [6, 6.07) is 9.55. The van der Waals surface area contributed by atoms with E-state index >= 15 is 0 Å². The predicted octanol–water partition coefficient (Wildman–Crippen LogP) is 3.01. The lowest BCUT2D eigenvalue weighted by molar-refractivity contribution is 0.420. The molecule has 2 rings (SSSR count). The molecule has 0 aliphatic heterocycles. The van der Waals surface area contributed by atoms with Crippen molar-refractivity contribution in [3.63, 3.8) is 0 Å². The van der Waals surface area contributed by atoms with Crippen LogP contribution < -0.4 is 10.9 Å². The van der Waals surface area contributed by atoms with Crippen molar-refractivity contribution in [1.82, 2.24) is 15.3 Å². The fourth-order valence-corrected chi connectivity index (χ4v) is 2.15. The number of nitrogens with zero attached hydrogens (tertiary/aromatic N) is 1. The smallest absolute Gasteiger partial charge is 0.251 e. The third-order valence-electron chi connectivity index (χ3n) is 2.93. The molecule has 0 saturated carbocycles. The normalized spacial score (nSPS) is 11.6. The first-order chi connectivity index (χ1) is 9.82. The second kappa shape index (κ2) is 6.54. The first kappa shape index (κ1) is 15.9. The van der Waals surface area contributed by atoms with Crippen LogP contribution in [0, 0.1) is 0 Å². The third kappa shape index (κ3) is 5.44. The number of hydrogen-bond donors (Lipinski definition) is 2. The Bertz CT molecular complexity index is 656. The van der Waals surface area contributed by atoms with Gasteiger partial charge in [-0.1, -0.05) is 28.1 Å². The summed E-state index contributed by atoms with van der Waals surface area (Å²) in [5, 5.41) is 3.34. The lowest BCUT2D eigenvalue weighted by Crippen LogP contribution is -2.35. The predicted molar refractivity (Wildman–Crippen MR) is 88.4 cm³/mol. The number of nitrogens with one attached hydrogen (secondary N) is 2. The average Bonchev–Trinajstić information content (AvgIpc) is 2.38. The van der Waals surface area contributed by atoms with E-state index in [4.69, 9.17) is 0 Å². The molecule has 0 amide bonds. The molecule has 0 saturated heterocycles. The van der Waals surface area contributed by atoms with Crippen LogP contribution >= 0.6 is 15.9 Å². The topological polar surface area (TPSA) is 57.8 Å². The minimum absolute atomic E-state index is 0.00382. The molecule has 4 nitrogen and oxygen atoms in total. The largest absolute Gasteiger partial charge is 0.310 e. The van der Waals surface area contributed by atoms with Crippen molar-refractivity contribution < 1.29 is 0 Å². The van der Waals surface area contributed by atoms with Crippen LogP contribution in [0.3, 0.4) is 0 Å². The fourth-order valence-electron chi connectivity index (χ4n) is 1.89. The van der Waals surface area contributed by atoms with Gasteiger partial charge in [0.05, 0.1) is 5.69 Å². The van der Waals surface area contributed by atoms with E-state index in [0.717, 1.165) is 15.7 Å². The van der Waals surface area contributed by atoms with Crippen LogP contribution in [0.1, 0.15) is 37.9 Å². The van der Waals surface area contributed by atoms with Crippen molar-refractivity contribution >= 4 is 15.9 Å². The molecule has 0 bridgehead atoms. The first-order valence-corrected chi connectivity index (χ1v) is 7.70. The van der Waals surface area contributed by atoms with E-state index in [2.05, 4.69) is 52.0 Å². The molecule has 0 radical (unpaired) electrons. The lowest BCUT2D eigenvalue weighted by atomic mass is 10.1. The average molecular weight is 350 g/mol. The molecule has 5 heteroatoms. The summed E-state index contributed by atoms with van der Waals surface area (Å²) in [5.74, 6) is 0.690. The second-order valence-corrected chi connectivity index (χ2v) is 7.01. The molecule has 112 valence electrons. The van der Waals surface area contributed by atoms with Crippen LogP contribution in [-0.2, 0) is 13.0 Å². The maximum absolute atomic E-state index is 11.7. The van der Waals surface area contributed by atoms with E-state index in [-0.39, 0.29) is 11.1 Å². The van der Waals surface area contributed by atoms with Crippen LogP contribution in [0.25, 0.3) is 0 Å². The van der Waals surface area contributed by atoms with Crippen molar-refractivity contribution in [3.8, 4) is 0 Å². The van der Waals surface area contributed by atoms with Gasteiger partial charge in [-0.3, -0.25) is 4.79 Å². The Morgan fingerprint density at radius 2 is 1.90 bits per heavy atom. The Morgan fingerprint density at radius 1 is 1.24 bits per heavy atom. The summed E-state index contributed by atoms with van der Waals surface area (Å²) in [5.41, 5.74) is 1.77. The highest BCUT2D eigenvalue weighted by Gasteiger charge is 2.10. The Balaban J connectivity index is 2.15. The van der Waals surface area contributed by atoms with Gasteiger partial charge < -0.3 is 10.3 Å². The van der Waals surface area contributed by atoms with Crippen molar-refractivity contribution in [2.75, 3.05) is 0 Å². The van der Waals surface area contributed by atoms with Crippen molar-refractivity contribution in [2.24, 2.45) is 0 Å². The maximum Gasteiger partial charge on any atom is 0.251 e. The van der Waals surface area contributed by atoms with Gasteiger partial charge in [0.1, 0.15) is 5.82 Å². The second-order valence-electron chi connectivity index (χ2n) is 6.09. The lowest BCUT2D eigenvalue weighted by Gasteiger charge is -2.20. The van der Waals surface area contributed by atoms with Crippen LogP contribution in [0.5, 0.6) is 0 Å². The molecule has 0 aliphatic carbocycles. The molecule has 1 aromatic carbocycles. The van der Waals surface area contributed by atoms with Crippen molar-refractivity contribution in [3.05, 3.63) is 62.2 Å². The highest BCUT2D eigenvalue weighted by molar-refractivity contribution is 9.10. The van der Waals surface area contributed by atoms with Crippen LogP contribution in [0.15, 0.2) is 39.6 Å². The van der Waals surface area contributed by atoms with Gasteiger partial charge in [0, 0.05) is 29.0 Å². The molecule has 0 fully saturated rings. The molecule has 0 unspecified atom stereocenters. The molecule has 2 N–H and O–H groups in total. The Morgan fingerprint density at radius 3 is 2.52 bits per heavy atom. The molecule has 0 spiro atoms. The Hall–Kier alpha value is -1.46. The SMILES string of the molecule is CC(C)(C)NCc1cc(=O)[nH]c(Cc2ccc(Br)cc2)n1. The van der Waals surface area contributed by atoms with Gasteiger partial charge >= 0.3 is 0 Å². The molecule has 2 aromatic rings. The van der Waals surface area contributed by atoms with Crippen LogP contribution in [0.2, 0.25) is 0 Å². The molecule has 21 heavy (non-hydrogen) atoms. The monoisotopic (exact) mass is 349 g/mol. The number of halogens is 1. The van der Waals surface area contributed by atoms with Gasteiger partial charge in [-0.2, -0.15) is 0 Å². The third-order valence-corrected chi connectivity index (χ3v) is 3.46. The van der Waals surface area contributed by atoms with E-state index in [0.29, 0.717) is 18.8 Å². The number of hydrogen-bond acceptors (Lipinski definition) is 3. The van der Waals surface area contributed by atoms with Gasteiger partial charge in [0.2, 0.25) is 0 Å². The first-order valence-electron chi connectivity index (χ1n) is 6.90. The Labute approximate surface area is 133 Å². The van der Waals surface area contributed by atoms with Crippen LogP contribution in [-0.4, -0.2) is 15.5 Å². The fraction of sp³-hybridized carbons (Fsp3) is 0.375. The van der Waals surface area contributed by atoms with Crippen molar-refractivity contribution in [1.29, 1.82) is 0 Å². The summed E-state index contributed by atoms with van der Waals surface area (Å²) in [4.78, 5) is 19.1. The molecular formula is C16H20BrN3O. The van der Waals surface area contributed by atoms with Crippen LogP contribution in [0.4, 0.5) is 0 Å². The molecule has 1 aromatic heterocycles. The zero-order valence-electron chi connectivity index (χ0n) is 12.5. The summed E-state index contributed by atoms with van der Waals surface area (Å²) in [7, 11) is 0. The van der Waals surface area contributed by atoms with Gasteiger partial charge in [-0.25, -0.2) is 4.98 Å². The van der Waals surface area contributed by atoms with E-state index in [9.17, 15) is 4.79 Å². The van der Waals surface area contributed by atoms with E-state index in [1.54, 1.807) is 6.07 Å².